The van der Waals surface area contributed by atoms with E-state index in [0.29, 0.717) is 22.3 Å². The Morgan fingerprint density at radius 2 is 1.64 bits per heavy atom. The van der Waals surface area contributed by atoms with E-state index in [9.17, 15) is 19.5 Å². The molecule has 28 heavy (non-hydrogen) atoms. The number of fused-ring (bicyclic) bond motifs is 1. The lowest BCUT2D eigenvalue weighted by molar-refractivity contribution is -0.116. The number of phenols is 1. The van der Waals surface area contributed by atoms with Crippen LogP contribution in [-0.4, -0.2) is 16.9 Å². The van der Waals surface area contributed by atoms with Crippen LogP contribution in [0.3, 0.4) is 0 Å². The van der Waals surface area contributed by atoms with E-state index >= 15 is 0 Å². The first-order valence-electron chi connectivity index (χ1n) is 8.68. The second kappa shape index (κ2) is 7.56. The molecule has 144 valence electrons. The summed E-state index contributed by atoms with van der Waals surface area (Å²) in [5.41, 5.74) is 2.30. The summed E-state index contributed by atoms with van der Waals surface area (Å²) in [5, 5.41) is 16.0. The zero-order chi connectivity index (χ0) is 20.4. The molecule has 7 heteroatoms. The van der Waals surface area contributed by atoms with Gasteiger partial charge in [0.15, 0.2) is 0 Å². The molecule has 0 spiro atoms. The third kappa shape index (κ3) is 4.03. The van der Waals surface area contributed by atoms with Crippen molar-refractivity contribution in [3.05, 3.63) is 63.5 Å². The van der Waals surface area contributed by atoms with Gasteiger partial charge >= 0.3 is 5.63 Å². The smallest absolute Gasteiger partial charge is 0.340 e. The van der Waals surface area contributed by atoms with E-state index in [2.05, 4.69) is 10.6 Å². The number of carbonyl (C=O) groups is 2. The molecule has 0 bridgehead atoms. The van der Waals surface area contributed by atoms with Gasteiger partial charge in [-0.3, -0.25) is 9.59 Å². The number of phenolic OH excluding ortho intramolecular Hbond substituents is 1. The Morgan fingerprint density at radius 3 is 2.25 bits per heavy atom. The van der Waals surface area contributed by atoms with E-state index in [1.165, 1.54) is 6.92 Å². The Morgan fingerprint density at radius 1 is 1.04 bits per heavy atom. The molecule has 2 amide bonds. The first-order chi connectivity index (χ1) is 13.2. The number of rotatable bonds is 4. The van der Waals surface area contributed by atoms with E-state index in [1.807, 2.05) is 0 Å². The number of amides is 2. The van der Waals surface area contributed by atoms with Crippen molar-refractivity contribution in [3.63, 3.8) is 0 Å². The highest BCUT2D eigenvalue weighted by Gasteiger charge is 2.17. The highest BCUT2D eigenvalue weighted by molar-refractivity contribution is 5.95. The van der Waals surface area contributed by atoms with Crippen LogP contribution < -0.4 is 16.3 Å². The Bertz CT molecular complexity index is 1130. The molecule has 0 aliphatic rings. The van der Waals surface area contributed by atoms with Crippen molar-refractivity contribution in [3.8, 4) is 5.75 Å². The van der Waals surface area contributed by atoms with Crippen LogP contribution in [0.15, 0.2) is 45.6 Å². The molecule has 0 unspecified atom stereocenters. The molecule has 0 saturated carbocycles. The van der Waals surface area contributed by atoms with E-state index in [4.69, 9.17) is 4.42 Å². The van der Waals surface area contributed by atoms with Gasteiger partial charge in [-0.15, -0.1) is 0 Å². The number of aryl methyl sites for hydroxylation is 2. The second-order valence-electron chi connectivity index (χ2n) is 6.63. The maximum Gasteiger partial charge on any atom is 0.340 e. The zero-order valence-electron chi connectivity index (χ0n) is 15.8. The van der Waals surface area contributed by atoms with Gasteiger partial charge in [0.1, 0.15) is 11.3 Å². The number of hydrogen-bond acceptors (Lipinski definition) is 5. The van der Waals surface area contributed by atoms with Gasteiger partial charge in [0.2, 0.25) is 11.8 Å². The predicted molar refractivity (Wildman–Crippen MR) is 107 cm³/mol. The molecular weight excluding hydrogens is 360 g/mol. The predicted octanol–water partition coefficient (Wildman–Crippen LogP) is 3.26. The number of anilines is 2. The largest absolute Gasteiger partial charge is 0.507 e. The molecule has 0 aliphatic heterocycles. The lowest BCUT2D eigenvalue weighted by Crippen LogP contribution is -2.20. The zero-order valence-corrected chi connectivity index (χ0v) is 15.8. The van der Waals surface area contributed by atoms with E-state index in [-0.39, 0.29) is 29.2 Å². The molecule has 1 aromatic heterocycles. The van der Waals surface area contributed by atoms with Crippen molar-refractivity contribution >= 4 is 34.2 Å². The Labute approximate surface area is 161 Å². The molecular formula is C21H20N2O5. The average molecular weight is 380 g/mol. The van der Waals surface area contributed by atoms with Crippen LogP contribution in [0.1, 0.15) is 23.6 Å². The highest BCUT2D eigenvalue weighted by Crippen LogP contribution is 2.30. The van der Waals surface area contributed by atoms with Gasteiger partial charge in [0.05, 0.1) is 17.4 Å². The normalized spacial score (nSPS) is 10.7. The fourth-order valence-corrected chi connectivity index (χ4v) is 3.07. The summed E-state index contributed by atoms with van der Waals surface area (Å²) in [5.74, 6) is -0.575. The molecule has 0 saturated heterocycles. The number of carbonyl (C=O) groups excluding carboxylic acids is 2. The minimum absolute atomic E-state index is 0.00599. The Kier molecular flexibility index (Phi) is 5.17. The maximum absolute atomic E-state index is 12.4. The standard InChI is InChI=1S/C21H20N2O5/c1-11-8-17(25)20-12(2)16(21(27)28-18(20)9-11)10-19(26)23-15-6-4-14(5-7-15)22-13(3)24/h4-9,25H,10H2,1-3H3,(H,22,24)(H,23,26). The van der Waals surface area contributed by atoms with E-state index in [1.54, 1.807) is 50.2 Å². The van der Waals surface area contributed by atoms with E-state index < -0.39 is 11.5 Å². The van der Waals surface area contributed by atoms with Gasteiger partial charge in [0.25, 0.3) is 0 Å². The molecule has 3 rings (SSSR count). The van der Waals surface area contributed by atoms with Crippen LogP contribution in [0.2, 0.25) is 0 Å². The van der Waals surface area contributed by atoms with Crippen LogP contribution in [0.25, 0.3) is 11.0 Å². The lowest BCUT2D eigenvalue weighted by Gasteiger charge is -2.11. The Balaban J connectivity index is 1.83. The van der Waals surface area contributed by atoms with Crippen molar-refractivity contribution in [2.24, 2.45) is 0 Å². The summed E-state index contributed by atoms with van der Waals surface area (Å²) < 4.78 is 5.30. The van der Waals surface area contributed by atoms with Gasteiger partial charge in [-0.25, -0.2) is 4.79 Å². The summed E-state index contributed by atoms with van der Waals surface area (Å²) in [6, 6.07) is 9.86. The summed E-state index contributed by atoms with van der Waals surface area (Å²) in [6.07, 6.45) is -0.190. The van der Waals surface area contributed by atoms with Gasteiger partial charge in [-0.05, 0) is 61.4 Å². The monoisotopic (exact) mass is 380 g/mol. The molecule has 7 nitrogen and oxygen atoms in total. The summed E-state index contributed by atoms with van der Waals surface area (Å²) in [4.78, 5) is 35.8. The first-order valence-corrected chi connectivity index (χ1v) is 8.68. The van der Waals surface area contributed by atoms with Gasteiger partial charge in [0, 0.05) is 18.3 Å². The molecule has 0 aliphatic carbocycles. The molecule has 2 aromatic carbocycles. The SMILES string of the molecule is CC(=O)Nc1ccc(NC(=O)Cc2c(C)c3c(O)cc(C)cc3oc2=O)cc1. The molecule has 0 fully saturated rings. The third-order valence-corrected chi connectivity index (χ3v) is 4.33. The molecule has 3 N–H and O–H groups in total. The second-order valence-corrected chi connectivity index (χ2v) is 6.63. The first kappa shape index (κ1) is 19.2. The lowest BCUT2D eigenvalue weighted by atomic mass is 10.0. The molecule has 0 radical (unpaired) electrons. The molecule has 3 aromatic rings. The fraction of sp³-hybridized carbons (Fsp3) is 0.190. The number of aromatic hydroxyl groups is 1. The number of hydrogen-bond donors (Lipinski definition) is 3. The van der Waals surface area contributed by atoms with Crippen molar-refractivity contribution in [1.29, 1.82) is 0 Å². The van der Waals surface area contributed by atoms with Crippen molar-refractivity contribution in [1.82, 2.24) is 0 Å². The summed E-state index contributed by atoms with van der Waals surface area (Å²) >= 11 is 0. The van der Waals surface area contributed by atoms with Crippen LogP contribution in [-0.2, 0) is 16.0 Å². The topological polar surface area (TPSA) is 109 Å². The van der Waals surface area contributed by atoms with Crippen LogP contribution in [0.4, 0.5) is 11.4 Å². The van der Waals surface area contributed by atoms with E-state index in [0.717, 1.165) is 5.56 Å². The fourth-order valence-electron chi connectivity index (χ4n) is 3.07. The summed E-state index contributed by atoms with van der Waals surface area (Å²) in [6.45, 7) is 4.87. The van der Waals surface area contributed by atoms with Crippen LogP contribution >= 0.6 is 0 Å². The van der Waals surface area contributed by atoms with Crippen LogP contribution in [0.5, 0.6) is 5.75 Å². The van der Waals surface area contributed by atoms with Crippen molar-refractivity contribution in [2.45, 2.75) is 27.2 Å². The van der Waals surface area contributed by atoms with Gasteiger partial charge in [-0.1, -0.05) is 0 Å². The third-order valence-electron chi connectivity index (χ3n) is 4.33. The van der Waals surface area contributed by atoms with Gasteiger partial charge in [-0.2, -0.15) is 0 Å². The Hall–Kier alpha value is -3.61. The quantitative estimate of drug-likeness (QED) is 0.602. The number of benzene rings is 2. The van der Waals surface area contributed by atoms with Crippen LogP contribution in [0, 0.1) is 13.8 Å². The van der Waals surface area contributed by atoms with Crippen molar-refractivity contribution in [2.75, 3.05) is 10.6 Å². The highest BCUT2D eigenvalue weighted by atomic mass is 16.4. The minimum Gasteiger partial charge on any atom is -0.507 e. The molecule has 0 atom stereocenters. The molecule has 1 heterocycles. The maximum atomic E-state index is 12.4. The average Bonchev–Trinajstić information content (AvgIpc) is 2.59. The number of nitrogens with one attached hydrogen (secondary N) is 2. The van der Waals surface area contributed by atoms with Crippen molar-refractivity contribution < 1.29 is 19.1 Å². The minimum atomic E-state index is -0.605. The van der Waals surface area contributed by atoms with Gasteiger partial charge < -0.3 is 20.2 Å². The summed E-state index contributed by atoms with van der Waals surface area (Å²) in [7, 11) is 0.